The number of nitrogens with one attached hydrogen (secondary N) is 1. The van der Waals surface area contributed by atoms with E-state index in [1.807, 2.05) is 0 Å². The van der Waals surface area contributed by atoms with Crippen LogP contribution in [0.4, 0.5) is 31.1 Å². The molecule has 0 aromatic carbocycles. The van der Waals surface area contributed by atoms with Crippen molar-refractivity contribution in [2.75, 3.05) is 26.3 Å². The van der Waals surface area contributed by atoms with Gasteiger partial charge in [-0.25, -0.2) is 4.79 Å². The van der Waals surface area contributed by atoms with Gasteiger partial charge in [-0.3, -0.25) is 4.79 Å². The molecule has 4 aliphatic rings. The van der Waals surface area contributed by atoms with Gasteiger partial charge in [-0.1, -0.05) is 0 Å². The van der Waals surface area contributed by atoms with Crippen LogP contribution in [0.5, 0.6) is 0 Å². The van der Waals surface area contributed by atoms with Crippen LogP contribution in [-0.4, -0.2) is 67.7 Å². The number of nitrogens with zero attached hydrogens (tertiary/aromatic N) is 1. The van der Waals surface area contributed by atoms with E-state index < -0.39 is 24.5 Å². The van der Waals surface area contributed by atoms with Crippen LogP contribution < -0.4 is 5.32 Å². The van der Waals surface area contributed by atoms with E-state index in [2.05, 4.69) is 10.1 Å². The molecule has 1 atom stereocenters. The summed E-state index contributed by atoms with van der Waals surface area (Å²) in [6.45, 7) is 1.36. The van der Waals surface area contributed by atoms with Crippen molar-refractivity contribution in [1.29, 1.82) is 0 Å². The summed E-state index contributed by atoms with van der Waals surface area (Å²) in [7, 11) is 0. The summed E-state index contributed by atoms with van der Waals surface area (Å²) in [6.07, 6.45) is -14.2. The first kappa shape index (κ1) is 21.5. The van der Waals surface area contributed by atoms with Gasteiger partial charge >= 0.3 is 18.4 Å². The van der Waals surface area contributed by atoms with Crippen molar-refractivity contribution >= 4 is 12.0 Å². The van der Waals surface area contributed by atoms with Crippen molar-refractivity contribution < 1.29 is 45.4 Å². The van der Waals surface area contributed by atoms with E-state index in [0.29, 0.717) is 19.3 Å². The molecule has 0 bridgehead atoms. The predicted molar refractivity (Wildman–Crippen MR) is 88.1 cm³/mol. The molecule has 12 heteroatoms. The molecule has 0 aromatic rings. The van der Waals surface area contributed by atoms with Gasteiger partial charge < -0.3 is 19.7 Å². The third kappa shape index (κ3) is 3.94. The van der Waals surface area contributed by atoms with Gasteiger partial charge in [-0.05, 0) is 37.5 Å². The minimum atomic E-state index is -5.74. The molecule has 6 nitrogen and oxygen atoms in total. The molecule has 2 aliphatic heterocycles. The summed E-state index contributed by atoms with van der Waals surface area (Å²) >= 11 is 0. The molecule has 2 spiro atoms. The maximum atomic E-state index is 12.6. The molecule has 2 aliphatic carbocycles. The van der Waals surface area contributed by atoms with Crippen molar-refractivity contribution in [3.8, 4) is 0 Å². The first-order valence-electron chi connectivity index (χ1n) is 9.81. The average Bonchev–Trinajstić information content (AvgIpc) is 3.25. The Morgan fingerprint density at radius 1 is 1.00 bits per heavy atom. The normalized spacial score (nSPS) is 27.6. The van der Waals surface area contributed by atoms with Gasteiger partial charge in [0.25, 0.3) is 6.10 Å². The molecule has 2 amide bonds. The van der Waals surface area contributed by atoms with Crippen LogP contribution in [0.2, 0.25) is 0 Å². The lowest BCUT2D eigenvalue weighted by Gasteiger charge is -2.53. The zero-order valence-electron chi connectivity index (χ0n) is 15.9. The Kier molecular flexibility index (Phi) is 4.94. The smallest absolute Gasteiger partial charge is 0.426 e. The molecule has 2 saturated carbocycles. The van der Waals surface area contributed by atoms with Crippen LogP contribution in [0.15, 0.2) is 0 Å². The number of hydrogen-bond acceptors (Lipinski definition) is 4. The van der Waals surface area contributed by atoms with E-state index in [0.717, 1.165) is 31.0 Å². The Labute approximate surface area is 168 Å². The molecule has 0 radical (unpaired) electrons. The molecule has 2 heterocycles. The highest BCUT2D eigenvalue weighted by atomic mass is 19.4. The zero-order chi connectivity index (χ0) is 21.9. The summed E-state index contributed by atoms with van der Waals surface area (Å²) < 4.78 is 84.3. The minimum absolute atomic E-state index is 0.0467. The number of ether oxygens (including phenoxy) is 2. The molecular weight excluding hydrogens is 422 g/mol. The van der Waals surface area contributed by atoms with E-state index in [4.69, 9.17) is 4.74 Å². The quantitative estimate of drug-likeness (QED) is 0.680. The van der Waals surface area contributed by atoms with Crippen LogP contribution in [0.25, 0.3) is 0 Å². The van der Waals surface area contributed by atoms with Gasteiger partial charge in [0.05, 0.1) is 13.2 Å². The second-order valence-corrected chi connectivity index (χ2v) is 9.06. The largest absolute Gasteiger partial charge is 0.434 e. The summed E-state index contributed by atoms with van der Waals surface area (Å²) in [5.41, 5.74) is -0.120. The van der Waals surface area contributed by atoms with Gasteiger partial charge in [-0.15, -0.1) is 0 Å². The van der Waals surface area contributed by atoms with Crippen LogP contribution in [0.3, 0.4) is 0 Å². The second kappa shape index (κ2) is 6.89. The van der Waals surface area contributed by atoms with Gasteiger partial charge in [0.2, 0.25) is 5.91 Å². The summed E-state index contributed by atoms with van der Waals surface area (Å²) in [6, 6.07) is 0.121. The zero-order valence-corrected chi connectivity index (χ0v) is 15.9. The third-order valence-corrected chi connectivity index (χ3v) is 6.86. The van der Waals surface area contributed by atoms with Gasteiger partial charge in [0, 0.05) is 30.5 Å². The van der Waals surface area contributed by atoms with Crippen molar-refractivity contribution in [1.82, 2.24) is 10.2 Å². The number of rotatable bonds is 3. The number of piperidine rings is 1. The lowest BCUT2D eigenvalue weighted by atomic mass is 9.64. The minimum Gasteiger partial charge on any atom is -0.426 e. The fourth-order valence-corrected chi connectivity index (χ4v) is 4.92. The number of carbonyl (C=O) groups is 2. The summed E-state index contributed by atoms with van der Waals surface area (Å²) in [5, 5.41) is 3.02. The van der Waals surface area contributed by atoms with Gasteiger partial charge in [0.15, 0.2) is 0 Å². The lowest BCUT2D eigenvalue weighted by molar-refractivity contribution is -0.308. The molecule has 1 N–H and O–H groups in total. The highest BCUT2D eigenvalue weighted by molar-refractivity contribution is 5.83. The van der Waals surface area contributed by atoms with Gasteiger partial charge in [-0.2, -0.15) is 26.3 Å². The molecular formula is C18H22F6N2O4. The van der Waals surface area contributed by atoms with Crippen LogP contribution in [0, 0.1) is 16.7 Å². The van der Waals surface area contributed by atoms with Gasteiger partial charge in [0.1, 0.15) is 0 Å². The molecule has 4 rings (SSSR count). The monoisotopic (exact) mass is 444 g/mol. The number of hydrogen-bond donors (Lipinski definition) is 1. The first-order chi connectivity index (χ1) is 13.8. The highest BCUT2D eigenvalue weighted by Crippen LogP contribution is 2.60. The van der Waals surface area contributed by atoms with E-state index in [1.165, 1.54) is 0 Å². The van der Waals surface area contributed by atoms with E-state index in [1.54, 1.807) is 0 Å². The maximum absolute atomic E-state index is 12.6. The SMILES string of the molecule is O=C(NC1CC2(COC2)C1)[C@@H]1CC12CCN(C(=O)OC(C(F)(F)F)C(F)(F)F)CC2. The predicted octanol–water partition coefficient (Wildman–Crippen LogP) is 3.01. The number of likely N-dealkylation sites (tertiary alicyclic amines) is 1. The third-order valence-electron chi connectivity index (χ3n) is 6.86. The Balaban J connectivity index is 1.24. The topological polar surface area (TPSA) is 67.9 Å². The number of carbonyl (C=O) groups excluding carboxylic acids is 2. The Hall–Kier alpha value is -1.72. The number of alkyl halides is 6. The molecule has 170 valence electrons. The standard InChI is InChI=1S/C18H22F6N2O4/c19-17(20,21)13(18(22,23)24)30-14(28)26-3-1-16(2-4-26)7-11(16)12(27)25-10-5-15(6-10)8-29-9-15/h10-11,13H,1-9H2,(H,25,27)/t11-/m0/s1. The second-order valence-electron chi connectivity index (χ2n) is 9.06. The summed E-state index contributed by atoms with van der Waals surface area (Å²) in [4.78, 5) is 25.2. The molecule has 4 fully saturated rings. The van der Waals surface area contributed by atoms with Crippen molar-refractivity contribution in [3.05, 3.63) is 0 Å². The van der Waals surface area contributed by atoms with Crippen molar-refractivity contribution in [2.24, 2.45) is 16.7 Å². The van der Waals surface area contributed by atoms with Crippen LogP contribution in [0.1, 0.15) is 32.1 Å². The summed E-state index contributed by atoms with van der Waals surface area (Å²) in [5.74, 6) is -0.303. The first-order valence-corrected chi connectivity index (χ1v) is 9.81. The fourth-order valence-electron chi connectivity index (χ4n) is 4.92. The maximum Gasteiger partial charge on any atom is 0.434 e. The number of amides is 2. The Bertz CT molecular complexity index is 690. The van der Waals surface area contributed by atoms with Crippen molar-refractivity contribution in [2.45, 2.75) is 56.6 Å². The van der Waals surface area contributed by atoms with Crippen LogP contribution >= 0.6 is 0 Å². The molecule has 0 aromatic heterocycles. The highest BCUT2D eigenvalue weighted by Gasteiger charge is 2.62. The number of halogens is 6. The fraction of sp³-hybridized carbons (Fsp3) is 0.889. The molecule has 30 heavy (non-hydrogen) atoms. The lowest BCUT2D eigenvalue weighted by Crippen LogP contribution is -2.59. The van der Waals surface area contributed by atoms with Crippen LogP contribution in [-0.2, 0) is 14.3 Å². The van der Waals surface area contributed by atoms with E-state index in [-0.39, 0.29) is 41.8 Å². The molecule has 0 unspecified atom stereocenters. The molecule has 2 saturated heterocycles. The average molecular weight is 444 g/mol. The van der Waals surface area contributed by atoms with E-state index in [9.17, 15) is 35.9 Å². The van der Waals surface area contributed by atoms with E-state index >= 15 is 0 Å². The van der Waals surface area contributed by atoms with Crippen molar-refractivity contribution in [3.63, 3.8) is 0 Å². The Morgan fingerprint density at radius 3 is 2.03 bits per heavy atom. The Morgan fingerprint density at radius 2 is 1.57 bits per heavy atom.